The summed E-state index contributed by atoms with van der Waals surface area (Å²) in [5.41, 5.74) is 3.52. The summed E-state index contributed by atoms with van der Waals surface area (Å²) in [6.07, 6.45) is 6.23. The van der Waals surface area contributed by atoms with Crippen LogP contribution in [0.5, 0.6) is 5.75 Å². The monoisotopic (exact) mass is 517 g/mol. The number of aromatic amines is 1. The van der Waals surface area contributed by atoms with Gasteiger partial charge in [-0.15, -0.1) is 0 Å². The van der Waals surface area contributed by atoms with Gasteiger partial charge in [-0.05, 0) is 66.3 Å². The summed E-state index contributed by atoms with van der Waals surface area (Å²) < 4.78 is 5.30. The Morgan fingerprint density at radius 1 is 1.05 bits per heavy atom. The van der Waals surface area contributed by atoms with Crippen LogP contribution in [0.3, 0.4) is 0 Å². The van der Waals surface area contributed by atoms with E-state index >= 15 is 0 Å². The molecule has 2 aromatic carbocycles. The van der Waals surface area contributed by atoms with Gasteiger partial charge in [0.2, 0.25) is 11.8 Å². The first kappa shape index (κ1) is 27.7. The van der Waals surface area contributed by atoms with Gasteiger partial charge in [0, 0.05) is 42.7 Å². The first-order valence-electron chi connectivity index (χ1n) is 13.9. The lowest BCUT2D eigenvalue weighted by Crippen LogP contribution is -2.44. The van der Waals surface area contributed by atoms with Crippen LogP contribution in [0.1, 0.15) is 64.5 Å². The molecule has 4 rings (SSSR count). The third kappa shape index (κ3) is 7.62. The molecule has 1 aliphatic rings. The Balaban J connectivity index is 1.47. The highest BCUT2D eigenvalue weighted by atomic mass is 16.5. The van der Waals surface area contributed by atoms with E-state index in [1.807, 2.05) is 52.4 Å². The van der Waals surface area contributed by atoms with E-state index in [4.69, 9.17) is 4.74 Å². The molecule has 1 aromatic heterocycles. The van der Waals surface area contributed by atoms with Crippen molar-refractivity contribution in [2.45, 2.75) is 72.4 Å². The van der Waals surface area contributed by atoms with Crippen LogP contribution in [0.25, 0.3) is 10.9 Å². The van der Waals surface area contributed by atoms with Gasteiger partial charge in [0.05, 0.1) is 7.11 Å². The van der Waals surface area contributed by atoms with Crippen LogP contribution in [0.4, 0.5) is 0 Å². The van der Waals surface area contributed by atoms with Crippen molar-refractivity contribution >= 4 is 22.7 Å². The molecule has 1 N–H and O–H groups in total. The van der Waals surface area contributed by atoms with Crippen molar-refractivity contribution in [3.63, 3.8) is 0 Å². The number of hydrogen-bond acceptors (Lipinski definition) is 3. The van der Waals surface area contributed by atoms with E-state index in [0.717, 1.165) is 42.5 Å². The number of fused-ring (bicyclic) bond motifs is 1. The molecule has 1 heterocycles. The second-order valence-corrected chi connectivity index (χ2v) is 12.1. The van der Waals surface area contributed by atoms with Crippen molar-refractivity contribution in [2.75, 3.05) is 20.2 Å². The Labute approximate surface area is 227 Å². The molecule has 38 heavy (non-hydrogen) atoms. The van der Waals surface area contributed by atoms with Gasteiger partial charge in [0.25, 0.3) is 0 Å². The van der Waals surface area contributed by atoms with Crippen molar-refractivity contribution in [1.29, 1.82) is 0 Å². The molecule has 2 amide bonds. The minimum absolute atomic E-state index is 0.00406. The van der Waals surface area contributed by atoms with Gasteiger partial charge < -0.3 is 19.5 Å². The van der Waals surface area contributed by atoms with E-state index in [1.165, 1.54) is 10.9 Å². The second-order valence-electron chi connectivity index (χ2n) is 12.1. The van der Waals surface area contributed by atoms with Crippen molar-refractivity contribution < 1.29 is 14.3 Å². The quantitative estimate of drug-likeness (QED) is 0.311. The van der Waals surface area contributed by atoms with E-state index in [-0.39, 0.29) is 35.7 Å². The number of H-pyrrole nitrogens is 1. The number of aromatic nitrogens is 1. The molecule has 1 saturated carbocycles. The third-order valence-electron chi connectivity index (χ3n) is 7.31. The van der Waals surface area contributed by atoms with Gasteiger partial charge in [0.15, 0.2) is 0 Å². The minimum atomic E-state index is 0.00406. The molecule has 0 saturated heterocycles. The molecule has 3 aromatic rings. The van der Waals surface area contributed by atoms with Crippen LogP contribution in [-0.2, 0) is 22.6 Å². The summed E-state index contributed by atoms with van der Waals surface area (Å²) >= 11 is 0. The fourth-order valence-corrected chi connectivity index (χ4v) is 5.42. The van der Waals surface area contributed by atoms with Crippen molar-refractivity contribution in [1.82, 2.24) is 14.8 Å². The zero-order valence-electron chi connectivity index (χ0n) is 23.6. The number of carbonyl (C=O) groups excluding carboxylic acids is 2. The first-order chi connectivity index (χ1) is 18.1. The number of ether oxygens (including phenoxy) is 1. The first-order valence-corrected chi connectivity index (χ1v) is 13.9. The number of hydrogen-bond donors (Lipinski definition) is 1. The molecule has 1 fully saturated rings. The lowest BCUT2D eigenvalue weighted by molar-refractivity contribution is -0.142. The van der Waals surface area contributed by atoms with Crippen molar-refractivity contribution in [2.24, 2.45) is 11.3 Å². The molecular weight excluding hydrogens is 474 g/mol. The number of rotatable bonds is 12. The Bertz CT molecular complexity index is 1220. The number of carbonyl (C=O) groups is 2. The van der Waals surface area contributed by atoms with Crippen LogP contribution < -0.4 is 4.74 Å². The van der Waals surface area contributed by atoms with Crippen LogP contribution in [-0.4, -0.2) is 52.8 Å². The summed E-state index contributed by atoms with van der Waals surface area (Å²) in [5, 5.41) is 1.19. The maximum atomic E-state index is 13.8. The molecule has 0 spiro atoms. The molecule has 6 nitrogen and oxygen atoms in total. The van der Waals surface area contributed by atoms with Crippen LogP contribution >= 0.6 is 0 Å². The molecule has 1 atom stereocenters. The Morgan fingerprint density at radius 2 is 1.76 bits per heavy atom. The van der Waals surface area contributed by atoms with Crippen LogP contribution in [0, 0.1) is 11.3 Å². The number of nitrogens with zero attached hydrogens (tertiary/aromatic N) is 2. The number of methoxy groups -OCH3 is 1. The maximum Gasteiger partial charge on any atom is 0.242 e. The van der Waals surface area contributed by atoms with E-state index in [0.29, 0.717) is 19.5 Å². The summed E-state index contributed by atoms with van der Waals surface area (Å²) in [6.45, 7) is 10.0. The molecule has 1 aliphatic carbocycles. The Kier molecular flexibility index (Phi) is 8.80. The molecule has 1 unspecified atom stereocenters. The van der Waals surface area contributed by atoms with Gasteiger partial charge in [0.1, 0.15) is 12.3 Å². The SMILES string of the molecule is COc1ccc(CN(CCc2c[nH]c3ccccc23)C(=O)CN(C(=O)CC(C)CC(C)(C)C)C2CC2)cc1. The molecule has 0 radical (unpaired) electrons. The van der Waals surface area contributed by atoms with Gasteiger partial charge in [-0.25, -0.2) is 0 Å². The fourth-order valence-electron chi connectivity index (χ4n) is 5.42. The van der Waals surface area contributed by atoms with Crippen molar-refractivity contribution in [3.8, 4) is 5.75 Å². The summed E-state index contributed by atoms with van der Waals surface area (Å²) in [6, 6.07) is 16.3. The van der Waals surface area contributed by atoms with Gasteiger partial charge in [-0.2, -0.15) is 0 Å². The number of amides is 2. The molecule has 204 valence electrons. The third-order valence-corrected chi connectivity index (χ3v) is 7.31. The molecule has 6 heteroatoms. The number of benzene rings is 2. The number of nitrogens with one attached hydrogen (secondary N) is 1. The smallest absolute Gasteiger partial charge is 0.242 e. The number of para-hydroxylation sites is 1. The molecule has 0 bridgehead atoms. The largest absolute Gasteiger partial charge is 0.497 e. The summed E-state index contributed by atoms with van der Waals surface area (Å²) in [5.74, 6) is 1.19. The van der Waals surface area contributed by atoms with Crippen molar-refractivity contribution in [3.05, 3.63) is 65.9 Å². The molecule has 0 aliphatic heterocycles. The van der Waals surface area contributed by atoms with E-state index in [9.17, 15) is 9.59 Å². The summed E-state index contributed by atoms with van der Waals surface area (Å²) in [7, 11) is 1.65. The average molecular weight is 518 g/mol. The van der Waals surface area contributed by atoms with Gasteiger partial charge >= 0.3 is 0 Å². The predicted octanol–water partition coefficient (Wildman–Crippen LogP) is 6.20. The predicted molar refractivity (Wildman–Crippen MR) is 153 cm³/mol. The Hall–Kier alpha value is -3.28. The maximum absolute atomic E-state index is 13.8. The lowest BCUT2D eigenvalue weighted by Gasteiger charge is -2.29. The minimum Gasteiger partial charge on any atom is -0.497 e. The Morgan fingerprint density at radius 3 is 2.42 bits per heavy atom. The lowest BCUT2D eigenvalue weighted by atomic mass is 9.84. The van der Waals surface area contributed by atoms with E-state index in [1.54, 1.807) is 7.11 Å². The zero-order valence-corrected chi connectivity index (χ0v) is 23.6. The normalized spacial score (nSPS) is 14.3. The summed E-state index contributed by atoms with van der Waals surface area (Å²) in [4.78, 5) is 34.2. The zero-order chi connectivity index (χ0) is 27.3. The highest BCUT2D eigenvalue weighted by Crippen LogP contribution is 2.31. The highest BCUT2D eigenvalue weighted by molar-refractivity contribution is 5.86. The van der Waals surface area contributed by atoms with Crippen LogP contribution in [0.2, 0.25) is 0 Å². The highest BCUT2D eigenvalue weighted by Gasteiger charge is 2.35. The van der Waals surface area contributed by atoms with Crippen LogP contribution in [0.15, 0.2) is 54.7 Å². The van der Waals surface area contributed by atoms with E-state index < -0.39 is 0 Å². The van der Waals surface area contributed by atoms with E-state index in [2.05, 4.69) is 44.8 Å². The van der Waals surface area contributed by atoms with Gasteiger partial charge in [-0.1, -0.05) is 58.0 Å². The molecular formula is C32H43N3O3. The fraction of sp³-hybridized carbons (Fsp3) is 0.500. The second kappa shape index (κ2) is 12.1. The topological polar surface area (TPSA) is 65.6 Å². The standard InChI is InChI=1S/C32H43N3O3/c1-23(19-32(2,3)4)18-30(36)35(26-12-13-26)22-31(37)34(21-24-10-14-27(38-5)15-11-24)17-16-25-20-33-29-9-7-6-8-28(25)29/h6-11,14-15,20,23,26,33H,12-13,16-19,21-22H2,1-5H3. The average Bonchev–Trinajstić information content (AvgIpc) is 3.63. The van der Waals surface area contributed by atoms with Gasteiger partial charge in [-0.3, -0.25) is 9.59 Å².